The van der Waals surface area contributed by atoms with Gasteiger partial charge >= 0.3 is 6.18 Å². The lowest BCUT2D eigenvalue weighted by atomic mass is 10.2. The van der Waals surface area contributed by atoms with Gasteiger partial charge in [-0.3, -0.25) is 4.79 Å². The Bertz CT molecular complexity index is 1250. The van der Waals surface area contributed by atoms with Gasteiger partial charge in [0.2, 0.25) is 0 Å². The summed E-state index contributed by atoms with van der Waals surface area (Å²) in [6.07, 6.45) is -3.00. The van der Waals surface area contributed by atoms with Gasteiger partial charge in [0.15, 0.2) is 23.3 Å². The van der Waals surface area contributed by atoms with Crippen molar-refractivity contribution in [2.75, 3.05) is 18.5 Å². The molecule has 37 heavy (non-hydrogen) atoms. The number of benzene rings is 3. The molecule has 0 aliphatic carbocycles. The van der Waals surface area contributed by atoms with Gasteiger partial charge in [-0.05, 0) is 54.4 Å². The highest BCUT2D eigenvalue weighted by atomic mass is 32.2. The first kappa shape index (κ1) is 27.6. The molecule has 194 valence electrons. The van der Waals surface area contributed by atoms with Crippen molar-refractivity contribution in [3.05, 3.63) is 89.5 Å². The number of hydrogen-bond donors (Lipinski definition) is 2. The van der Waals surface area contributed by atoms with Crippen molar-refractivity contribution in [3.63, 3.8) is 0 Å². The van der Waals surface area contributed by atoms with Gasteiger partial charge in [0.1, 0.15) is 0 Å². The van der Waals surface area contributed by atoms with Gasteiger partial charge in [0.25, 0.3) is 5.91 Å². The summed E-state index contributed by atoms with van der Waals surface area (Å²) < 4.78 is 49.7. The molecule has 0 heterocycles. The number of nitrogens with two attached hydrogens (primary N) is 1. The van der Waals surface area contributed by atoms with Crippen molar-refractivity contribution in [2.24, 2.45) is 15.9 Å². The van der Waals surface area contributed by atoms with Crippen molar-refractivity contribution < 1.29 is 27.4 Å². The Labute approximate surface area is 216 Å². The fourth-order valence-corrected chi connectivity index (χ4v) is 3.63. The molecule has 3 aromatic rings. The van der Waals surface area contributed by atoms with E-state index in [1.165, 1.54) is 30.1 Å². The van der Waals surface area contributed by atoms with Gasteiger partial charge in [-0.2, -0.15) is 18.3 Å². The van der Waals surface area contributed by atoms with Gasteiger partial charge < -0.3 is 20.5 Å². The average molecular weight is 531 g/mol. The van der Waals surface area contributed by atoms with Crippen molar-refractivity contribution in [2.45, 2.75) is 18.9 Å². The van der Waals surface area contributed by atoms with Crippen molar-refractivity contribution in [3.8, 4) is 11.5 Å². The molecule has 3 rings (SSSR count). The predicted molar refractivity (Wildman–Crippen MR) is 140 cm³/mol. The van der Waals surface area contributed by atoms with E-state index in [1.54, 1.807) is 25.1 Å². The maximum absolute atomic E-state index is 12.9. The Kier molecular flexibility index (Phi) is 9.96. The van der Waals surface area contributed by atoms with Crippen molar-refractivity contribution >= 4 is 34.7 Å². The zero-order valence-electron chi connectivity index (χ0n) is 19.9. The molecule has 0 atom stereocenters. The molecule has 0 bridgehead atoms. The third-order valence-electron chi connectivity index (χ3n) is 4.69. The Morgan fingerprint density at radius 3 is 2.54 bits per heavy atom. The number of carbonyl (C=O) groups is 1. The quantitative estimate of drug-likeness (QED) is 0.199. The van der Waals surface area contributed by atoms with E-state index >= 15 is 0 Å². The Balaban J connectivity index is 1.57. The average Bonchev–Trinajstić information content (AvgIpc) is 2.87. The third kappa shape index (κ3) is 9.19. The molecule has 11 heteroatoms. The monoisotopic (exact) mass is 530 g/mol. The minimum atomic E-state index is -4.51. The van der Waals surface area contributed by atoms with Crippen LogP contribution in [0.1, 0.15) is 23.6 Å². The molecule has 0 saturated carbocycles. The number of carbonyl (C=O) groups excluding carboxylic acids is 1. The predicted octanol–water partition coefficient (Wildman–Crippen LogP) is 5.70. The summed E-state index contributed by atoms with van der Waals surface area (Å²) in [4.78, 5) is 12.2. The molecular weight excluding hydrogens is 505 g/mol. The number of anilines is 1. The van der Waals surface area contributed by atoms with Crippen LogP contribution in [0.15, 0.2) is 83.0 Å². The summed E-state index contributed by atoms with van der Waals surface area (Å²) in [5, 5.41) is 10.7. The summed E-state index contributed by atoms with van der Waals surface area (Å²) in [6, 6.07) is 19.1. The van der Waals surface area contributed by atoms with Crippen LogP contribution in [0.4, 0.5) is 18.9 Å². The van der Waals surface area contributed by atoms with E-state index in [0.717, 1.165) is 17.7 Å². The number of alkyl halides is 3. The molecule has 0 aromatic heterocycles. The van der Waals surface area contributed by atoms with E-state index in [0.29, 0.717) is 34.6 Å². The molecule has 3 aromatic carbocycles. The molecule has 0 aliphatic heterocycles. The van der Waals surface area contributed by atoms with E-state index < -0.39 is 24.3 Å². The number of thioether (sulfide) groups is 1. The summed E-state index contributed by atoms with van der Waals surface area (Å²) in [5.74, 6) is 0.715. The number of hydrogen-bond acceptors (Lipinski definition) is 6. The number of rotatable bonds is 10. The number of nitrogens with zero attached hydrogens (tertiary/aromatic N) is 2. The zero-order valence-corrected chi connectivity index (χ0v) is 20.7. The molecule has 0 radical (unpaired) electrons. The van der Waals surface area contributed by atoms with Gasteiger partial charge in [0, 0.05) is 11.4 Å². The highest BCUT2D eigenvalue weighted by molar-refractivity contribution is 8.13. The lowest BCUT2D eigenvalue weighted by molar-refractivity contribution is -0.137. The fraction of sp³-hybridized carbons (Fsp3) is 0.192. The van der Waals surface area contributed by atoms with E-state index in [2.05, 4.69) is 15.5 Å². The van der Waals surface area contributed by atoms with E-state index in [9.17, 15) is 18.0 Å². The first-order valence-corrected chi connectivity index (χ1v) is 12.1. The molecule has 1 amide bonds. The first-order valence-electron chi connectivity index (χ1n) is 11.1. The highest BCUT2D eigenvalue weighted by Gasteiger charge is 2.30. The van der Waals surface area contributed by atoms with Crippen LogP contribution in [0.5, 0.6) is 11.5 Å². The van der Waals surface area contributed by atoms with Crippen LogP contribution in [-0.2, 0) is 16.7 Å². The number of ether oxygens (including phenoxy) is 2. The van der Waals surface area contributed by atoms with Gasteiger partial charge in [0.05, 0.1) is 18.4 Å². The van der Waals surface area contributed by atoms with E-state index in [4.69, 9.17) is 15.2 Å². The van der Waals surface area contributed by atoms with Crippen LogP contribution in [0, 0.1) is 0 Å². The van der Waals surface area contributed by atoms with Crippen molar-refractivity contribution in [1.82, 2.24) is 0 Å². The van der Waals surface area contributed by atoms with Gasteiger partial charge in [-0.25, -0.2) is 0 Å². The van der Waals surface area contributed by atoms with Crippen LogP contribution in [0.2, 0.25) is 0 Å². The molecule has 0 saturated heterocycles. The van der Waals surface area contributed by atoms with Crippen LogP contribution in [0.25, 0.3) is 0 Å². The highest BCUT2D eigenvalue weighted by Crippen LogP contribution is 2.31. The zero-order chi connectivity index (χ0) is 26.7. The lowest BCUT2D eigenvalue weighted by Crippen LogP contribution is -2.20. The standard InChI is InChI=1S/C26H25F3N4O3S/c1-2-35-23-13-19(15-31-33-25(30)37-17-18-7-4-3-5-8-18)11-12-22(23)36-16-24(34)32-21-10-6-9-20(14-21)26(27,28)29/h3-15H,2,16-17H2,1H3,(H2,30,33)(H,32,34). The molecule has 0 aliphatic rings. The second kappa shape index (κ2) is 13.4. The van der Waals surface area contributed by atoms with Gasteiger partial charge in [-0.15, -0.1) is 5.10 Å². The first-order chi connectivity index (χ1) is 17.7. The Hall–Kier alpha value is -3.99. The molecule has 7 nitrogen and oxygen atoms in total. The minimum Gasteiger partial charge on any atom is -0.490 e. The molecule has 0 unspecified atom stereocenters. The largest absolute Gasteiger partial charge is 0.490 e. The Morgan fingerprint density at radius 1 is 1.03 bits per heavy atom. The van der Waals surface area contributed by atoms with Crippen LogP contribution in [-0.4, -0.2) is 30.5 Å². The van der Waals surface area contributed by atoms with E-state index in [-0.39, 0.29) is 5.69 Å². The summed E-state index contributed by atoms with van der Waals surface area (Å²) in [5.41, 5.74) is 6.84. The Morgan fingerprint density at radius 2 is 1.81 bits per heavy atom. The fourth-order valence-electron chi connectivity index (χ4n) is 3.02. The molecule has 0 fully saturated rings. The minimum absolute atomic E-state index is 0.0155. The second-order valence-corrected chi connectivity index (χ2v) is 8.51. The normalized spacial score (nSPS) is 11.9. The maximum atomic E-state index is 12.9. The van der Waals surface area contributed by atoms with Crippen LogP contribution >= 0.6 is 11.8 Å². The summed E-state index contributed by atoms with van der Waals surface area (Å²) in [7, 11) is 0. The van der Waals surface area contributed by atoms with Gasteiger partial charge in [-0.1, -0.05) is 48.2 Å². The van der Waals surface area contributed by atoms with Crippen LogP contribution < -0.4 is 20.5 Å². The molecule has 3 N–H and O–H groups in total. The third-order valence-corrected chi connectivity index (χ3v) is 5.55. The summed E-state index contributed by atoms with van der Waals surface area (Å²) >= 11 is 1.37. The molecule has 0 spiro atoms. The maximum Gasteiger partial charge on any atom is 0.416 e. The second-order valence-electron chi connectivity index (χ2n) is 7.51. The van der Waals surface area contributed by atoms with E-state index in [1.807, 2.05) is 30.3 Å². The number of amidine groups is 1. The smallest absolute Gasteiger partial charge is 0.416 e. The van der Waals surface area contributed by atoms with Crippen LogP contribution in [0.3, 0.4) is 0 Å². The number of nitrogens with one attached hydrogen (secondary N) is 1. The number of halogens is 3. The lowest BCUT2D eigenvalue weighted by Gasteiger charge is -2.13. The molecular formula is C26H25F3N4O3S. The SMILES string of the molecule is CCOc1cc(C=NN=C(N)SCc2ccccc2)ccc1OCC(=O)Nc1cccc(C(F)(F)F)c1. The summed E-state index contributed by atoms with van der Waals surface area (Å²) in [6.45, 7) is 1.71. The number of amides is 1. The van der Waals surface area contributed by atoms with Crippen molar-refractivity contribution in [1.29, 1.82) is 0 Å². The topological polar surface area (TPSA) is 98.3 Å².